The molecule has 0 bridgehead atoms. The van der Waals surface area contributed by atoms with E-state index in [1.807, 2.05) is 25.3 Å². The summed E-state index contributed by atoms with van der Waals surface area (Å²) in [6, 6.07) is 0. The summed E-state index contributed by atoms with van der Waals surface area (Å²) in [4.78, 5) is 13.6. The first kappa shape index (κ1) is 12.7. The normalized spacial score (nSPS) is 16.1. The lowest BCUT2D eigenvalue weighted by Gasteiger charge is -2.26. The number of amides is 1. The largest absolute Gasteiger partial charge is 0.444 e. The van der Waals surface area contributed by atoms with Crippen LogP contribution < -0.4 is 5.73 Å². The van der Waals surface area contributed by atoms with Gasteiger partial charge in [-0.15, -0.1) is 10.2 Å². The minimum absolute atomic E-state index is 0.292. The van der Waals surface area contributed by atoms with Gasteiger partial charge in [0.25, 0.3) is 0 Å². The molecule has 7 heteroatoms. The molecule has 18 heavy (non-hydrogen) atoms. The van der Waals surface area contributed by atoms with Crippen LogP contribution in [0.4, 0.5) is 10.7 Å². The molecule has 0 saturated heterocycles. The minimum atomic E-state index is -0.475. The van der Waals surface area contributed by atoms with Gasteiger partial charge < -0.3 is 15.4 Å². The predicted octanol–water partition coefficient (Wildman–Crippen LogP) is 0.653. The molecule has 0 fully saturated rings. The average Bonchev–Trinajstić information content (AvgIpc) is 2.48. The third-order valence-electron chi connectivity index (χ3n) is 2.71. The van der Waals surface area contributed by atoms with Gasteiger partial charge in [-0.25, -0.2) is 4.79 Å². The number of nitrogen functional groups attached to an aromatic ring is 1. The maximum atomic E-state index is 12.0. The Labute approximate surface area is 106 Å². The summed E-state index contributed by atoms with van der Waals surface area (Å²) in [7, 11) is 0. The van der Waals surface area contributed by atoms with Crippen molar-refractivity contribution in [3.63, 3.8) is 0 Å². The lowest BCUT2D eigenvalue weighted by molar-refractivity contribution is 0.0254. The number of nitrogens with two attached hydrogens (primary N) is 1. The van der Waals surface area contributed by atoms with E-state index in [0.717, 1.165) is 5.82 Å². The summed E-state index contributed by atoms with van der Waals surface area (Å²) in [5, 5.41) is 7.82. The smallest absolute Gasteiger partial charge is 0.410 e. The van der Waals surface area contributed by atoms with E-state index in [9.17, 15) is 4.79 Å². The molecule has 0 aliphatic carbocycles. The Hall–Kier alpha value is -1.79. The third kappa shape index (κ3) is 2.72. The van der Waals surface area contributed by atoms with Crippen LogP contribution in [0, 0.1) is 0 Å². The second-order valence-electron chi connectivity index (χ2n) is 5.34. The maximum absolute atomic E-state index is 12.0. The molecule has 2 N–H and O–H groups in total. The first-order valence-electron chi connectivity index (χ1n) is 6.02. The Kier molecular flexibility index (Phi) is 3.14. The molecule has 1 amide bonds. The van der Waals surface area contributed by atoms with Gasteiger partial charge in [0, 0.05) is 26.1 Å². The number of hydrogen-bond donors (Lipinski definition) is 1. The van der Waals surface area contributed by atoms with Crippen LogP contribution in [0.3, 0.4) is 0 Å². The average molecular weight is 253 g/mol. The third-order valence-corrected chi connectivity index (χ3v) is 2.71. The van der Waals surface area contributed by atoms with Crippen molar-refractivity contribution in [2.45, 2.75) is 39.3 Å². The predicted molar refractivity (Wildman–Crippen MR) is 65.9 cm³/mol. The number of rotatable bonds is 0. The molecule has 1 aromatic heterocycles. The number of fused-ring (bicyclic) bond motifs is 1. The van der Waals surface area contributed by atoms with Gasteiger partial charge in [0.15, 0.2) is 0 Å². The summed E-state index contributed by atoms with van der Waals surface area (Å²) >= 11 is 0. The Bertz CT molecular complexity index is 449. The molecular weight excluding hydrogens is 234 g/mol. The van der Waals surface area contributed by atoms with Gasteiger partial charge >= 0.3 is 6.09 Å². The molecule has 0 saturated carbocycles. The van der Waals surface area contributed by atoms with E-state index < -0.39 is 5.60 Å². The molecule has 0 atom stereocenters. The van der Waals surface area contributed by atoms with Crippen LogP contribution >= 0.6 is 0 Å². The van der Waals surface area contributed by atoms with Gasteiger partial charge in [-0.2, -0.15) is 0 Å². The fraction of sp³-hybridized carbons (Fsp3) is 0.727. The highest BCUT2D eigenvalue weighted by atomic mass is 16.6. The number of ether oxygens (including phenoxy) is 1. The molecule has 0 aromatic carbocycles. The van der Waals surface area contributed by atoms with Crippen molar-refractivity contribution in [1.82, 2.24) is 19.7 Å². The van der Waals surface area contributed by atoms with E-state index in [1.165, 1.54) is 0 Å². The topological polar surface area (TPSA) is 86.3 Å². The molecule has 2 heterocycles. The SMILES string of the molecule is CC(C)(C)OC(=O)N1CCc2nnc(N)n2CC1. The van der Waals surface area contributed by atoms with Gasteiger partial charge in [0.1, 0.15) is 11.4 Å². The van der Waals surface area contributed by atoms with Crippen LogP contribution in [0.5, 0.6) is 0 Å². The van der Waals surface area contributed by atoms with Crippen LogP contribution in [-0.4, -0.2) is 44.4 Å². The van der Waals surface area contributed by atoms with Crippen LogP contribution in [-0.2, 0) is 17.7 Å². The van der Waals surface area contributed by atoms with Gasteiger partial charge in [0.05, 0.1) is 0 Å². The monoisotopic (exact) mass is 253 g/mol. The van der Waals surface area contributed by atoms with E-state index in [-0.39, 0.29) is 6.09 Å². The quantitative estimate of drug-likeness (QED) is 0.733. The molecule has 7 nitrogen and oxygen atoms in total. The number of carbonyl (C=O) groups is 1. The standard InChI is InChI=1S/C11H19N5O2/c1-11(2,3)18-10(17)15-5-4-8-13-14-9(12)16(8)7-6-15/h4-7H2,1-3H3,(H2,12,14). The number of aromatic nitrogens is 3. The molecule has 1 aromatic rings. The Morgan fingerprint density at radius 3 is 2.67 bits per heavy atom. The molecule has 0 unspecified atom stereocenters. The Morgan fingerprint density at radius 2 is 2.00 bits per heavy atom. The van der Waals surface area contributed by atoms with Crippen LogP contribution in [0.25, 0.3) is 0 Å². The van der Waals surface area contributed by atoms with E-state index in [4.69, 9.17) is 10.5 Å². The molecule has 100 valence electrons. The summed E-state index contributed by atoms with van der Waals surface area (Å²) in [6.07, 6.45) is 0.350. The van der Waals surface area contributed by atoms with Gasteiger partial charge in [0.2, 0.25) is 5.95 Å². The number of hydrogen-bond acceptors (Lipinski definition) is 5. The minimum Gasteiger partial charge on any atom is -0.444 e. The summed E-state index contributed by atoms with van der Waals surface area (Å²) in [5.74, 6) is 1.22. The van der Waals surface area contributed by atoms with Crippen LogP contribution in [0.1, 0.15) is 26.6 Å². The van der Waals surface area contributed by atoms with Crippen molar-refractivity contribution in [2.75, 3.05) is 18.8 Å². The number of anilines is 1. The van der Waals surface area contributed by atoms with Crippen molar-refractivity contribution < 1.29 is 9.53 Å². The molecular formula is C11H19N5O2. The van der Waals surface area contributed by atoms with Crippen molar-refractivity contribution in [2.24, 2.45) is 0 Å². The van der Waals surface area contributed by atoms with E-state index in [2.05, 4.69) is 10.2 Å². The zero-order valence-corrected chi connectivity index (χ0v) is 11.0. The van der Waals surface area contributed by atoms with Gasteiger partial charge in [-0.05, 0) is 20.8 Å². The lowest BCUT2D eigenvalue weighted by atomic mass is 10.2. The highest BCUT2D eigenvalue weighted by molar-refractivity contribution is 5.68. The first-order valence-corrected chi connectivity index (χ1v) is 6.02. The van der Waals surface area contributed by atoms with Crippen molar-refractivity contribution in [3.05, 3.63) is 5.82 Å². The highest BCUT2D eigenvalue weighted by Gasteiger charge is 2.25. The molecule has 1 aliphatic rings. The van der Waals surface area contributed by atoms with Crippen LogP contribution in [0.2, 0.25) is 0 Å². The summed E-state index contributed by atoms with van der Waals surface area (Å²) in [5.41, 5.74) is 5.23. The zero-order chi connectivity index (χ0) is 13.3. The van der Waals surface area contributed by atoms with Crippen molar-refractivity contribution in [1.29, 1.82) is 0 Å². The summed E-state index contributed by atoms with van der Waals surface area (Å²) in [6.45, 7) is 7.31. The molecule has 0 radical (unpaired) electrons. The maximum Gasteiger partial charge on any atom is 0.410 e. The number of carbonyl (C=O) groups excluding carboxylic acids is 1. The lowest BCUT2D eigenvalue weighted by Crippen LogP contribution is -2.38. The fourth-order valence-electron chi connectivity index (χ4n) is 1.85. The molecule has 1 aliphatic heterocycles. The van der Waals surface area contributed by atoms with E-state index in [0.29, 0.717) is 32.0 Å². The van der Waals surface area contributed by atoms with Crippen molar-refractivity contribution in [3.8, 4) is 0 Å². The van der Waals surface area contributed by atoms with Gasteiger partial charge in [-0.3, -0.25) is 4.57 Å². The zero-order valence-electron chi connectivity index (χ0n) is 11.0. The van der Waals surface area contributed by atoms with E-state index >= 15 is 0 Å². The van der Waals surface area contributed by atoms with Gasteiger partial charge in [-0.1, -0.05) is 0 Å². The number of nitrogens with zero attached hydrogens (tertiary/aromatic N) is 4. The molecule has 2 rings (SSSR count). The summed E-state index contributed by atoms with van der Waals surface area (Å²) < 4.78 is 7.19. The Morgan fingerprint density at radius 1 is 1.28 bits per heavy atom. The second-order valence-corrected chi connectivity index (χ2v) is 5.34. The van der Waals surface area contributed by atoms with Crippen LogP contribution in [0.15, 0.2) is 0 Å². The fourth-order valence-corrected chi connectivity index (χ4v) is 1.85. The van der Waals surface area contributed by atoms with Crippen molar-refractivity contribution >= 4 is 12.0 Å². The second kappa shape index (κ2) is 4.47. The molecule has 0 spiro atoms. The van der Waals surface area contributed by atoms with E-state index in [1.54, 1.807) is 4.90 Å². The first-order chi connectivity index (χ1) is 8.37. The highest BCUT2D eigenvalue weighted by Crippen LogP contribution is 2.14. The Balaban J connectivity index is 2.02.